The van der Waals surface area contributed by atoms with Gasteiger partial charge in [0.1, 0.15) is 5.54 Å². The molecule has 0 radical (unpaired) electrons. The van der Waals surface area contributed by atoms with E-state index >= 15 is 0 Å². The Balaban J connectivity index is 2.77. The van der Waals surface area contributed by atoms with Gasteiger partial charge in [-0.1, -0.05) is 6.92 Å². The van der Waals surface area contributed by atoms with Gasteiger partial charge in [0.25, 0.3) is 6.23 Å². The van der Waals surface area contributed by atoms with Gasteiger partial charge in [0, 0.05) is 0 Å². The second kappa shape index (κ2) is 2.87. The van der Waals surface area contributed by atoms with Crippen molar-refractivity contribution in [1.29, 1.82) is 0 Å². The third kappa shape index (κ3) is 1.77. The van der Waals surface area contributed by atoms with E-state index in [1.165, 1.54) is 6.92 Å². The first-order chi connectivity index (χ1) is 5.79. The van der Waals surface area contributed by atoms with Crippen LogP contribution in [0.2, 0.25) is 0 Å². The first-order valence-corrected chi connectivity index (χ1v) is 3.85. The second-order valence-electron chi connectivity index (χ2n) is 3.16. The molecular formula is C7H10F3NO2. The van der Waals surface area contributed by atoms with Crippen LogP contribution < -0.4 is 5.32 Å². The van der Waals surface area contributed by atoms with Crippen molar-refractivity contribution in [3.63, 3.8) is 0 Å². The highest BCUT2D eigenvalue weighted by Gasteiger charge is 2.54. The number of hydrogen-bond donors (Lipinski definition) is 1. The highest BCUT2D eigenvalue weighted by Crippen LogP contribution is 2.30. The van der Waals surface area contributed by atoms with Gasteiger partial charge in [-0.3, -0.25) is 5.32 Å². The molecule has 3 nitrogen and oxygen atoms in total. The minimum Gasteiger partial charge on any atom is -0.435 e. The lowest BCUT2D eigenvalue weighted by Crippen LogP contribution is -2.48. The Morgan fingerprint density at radius 2 is 2.15 bits per heavy atom. The number of rotatable bonds is 1. The first kappa shape index (κ1) is 10.3. The molecule has 1 fully saturated rings. The molecule has 1 saturated heterocycles. The number of carbonyl (C=O) groups is 1. The molecule has 76 valence electrons. The molecule has 1 rings (SSSR count). The molecule has 0 aliphatic carbocycles. The average molecular weight is 197 g/mol. The quantitative estimate of drug-likeness (QED) is 0.641. The molecule has 6 heteroatoms. The molecule has 1 aliphatic rings. The van der Waals surface area contributed by atoms with Crippen LogP contribution in [0.15, 0.2) is 0 Å². The van der Waals surface area contributed by atoms with Crippen molar-refractivity contribution >= 4 is 5.97 Å². The van der Waals surface area contributed by atoms with Gasteiger partial charge in [-0.15, -0.1) is 0 Å². The summed E-state index contributed by atoms with van der Waals surface area (Å²) in [5, 5.41) is 2.11. The van der Waals surface area contributed by atoms with E-state index in [0.717, 1.165) is 0 Å². The molecule has 0 spiro atoms. The van der Waals surface area contributed by atoms with E-state index in [1.54, 1.807) is 6.92 Å². The number of carbonyl (C=O) groups excluding carboxylic acids is 1. The van der Waals surface area contributed by atoms with Crippen molar-refractivity contribution in [2.45, 2.75) is 38.2 Å². The van der Waals surface area contributed by atoms with Gasteiger partial charge in [-0.25, -0.2) is 4.79 Å². The van der Waals surface area contributed by atoms with Crippen LogP contribution in [0.4, 0.5) is 13.2 Å². The molecule has 1 aliphatic heterocycles. The molecule has 1 heterocycles. The molecule has 2 atom stereocenters. The minimum atomic E-state index is -4.54. The second-order valence-corrected chi connectivity index (χ2v) is 3.16. The third-order valence-electron chi connectivity index (χ3n) is 2.13. The minimum absolute atomic E-state index is 0.262. The summed E-state index contributed by atoms with van der Waals surface area (Å²) >= 11 is 0. The summed E-state index contributed by atoms with van der Waals surface area (Å²) in [4.78, 5) is 11.0. The summed E-state index contributed by atoms with van der Waals surface area (Å²) in [6.07, 6.45) is -6.44. The van der Waals surface area contributed by atoms with Gasteiger partial charge in [0.2, 0.25) is 0 Å². The number of alkyl halides is 3. The summed E-state index contributed by atoms with van der Waals surface area (Å²) < 4.78 is 40.4. The first-order valence-electron chi connectivity index (χ1n) is 3.85. The Bertz CT molecular complexity index is 228. The lowest BCUT2D eigenvalue weighted by Gasteiger charge is -2.18. The van der Waals surface area contributed by atoms with Crippen molar-refractivity contribution in [3.05, 3.63) is 0 Å². The monoisotopic (exact) mass is 197 g/mol. The van der Waals surface area contributed by atoms with Crippen LogP contribution in [0.1, 0.15) is 20.3 Å². The molecule has 13 heavy (non-hydrogen) atoms. The smallest absolute Gasteiger partial charge is 0.435 e. The van der Waals surface area contributed by atoms with Crippen molar-refractivity contribution in [2.75, 3.05) is 0 Å². The highest BCUT2D eigenvalue weighted by atomic mass is 19.4. The Morgan fingerprint density at radius 3 is 2.38 bits per heavy atom. The molecule has 0 aromatic carbocycles. The van der Waals surface area contributed by atoms with Crippen LogP contribution in [0.25, 0.3) is 0 Å². The number of esters is 1. The Morgan fingerprint density at radius 1 is 1.62 bits per heavy atom. The molecular weight excluding hydrogens is 187 g/mol. The van der Waals surface area contributed by atoms with Crippen LogP contribution in [0.3, 0.4) is 0 Å². The molecule has 2 unspecified atom stereocenters. The number of halogens is 3. The van der Waals surface area contributed by atoms with E-state index in [9.17, 15) is 18.0 Å². The van der Waals surface area contributed by atoms with Crippen molar-refractivity contribution in [2.24, 2.45) is 0 Å². The topological polar surface area (TPSA) is 38.3 Å². The normalized spacial score (nSPS) is 34.8. The highest BCUT2D eigenvalue weighted by molar-refractivity contribution is 5.82. The van der Waals surface area contributed by atoms with Crippen LogP contribution in [-0.2, 0) is 9.53 Å². The van der Waals surface area contributed by atoms with Gasteiger partial charge >= 0.3 is 12.1 Å². The summed E-state index contributed by atoms with van der Waals surface area (Å²) in [6, 6.07) is 0. The van der Waals surface area contributed by atoms with Crippen LogP contribution in [-0.4, -0.2) is 23.9 Å². The van der Waals surface area contributed by atoms with E-state index in [0.29, 0.717) is 0 Å². The van der Waals surface area contributed by atoms with Gasteiger partial charge in [0.05, 0.1) is 0 Å². The van der Waals surface area contributed by atoms with E-state index in [1.807, 2.05) is 0 Å². The largest absolute Gasteiger partial charge is 0.439 e. The Kier molecular flexibility index (Phi) is 2.27. The fourth-order valence-corrected chi connectivity index (χ4v) is 1.01. The number of ether oxygens (including phenoxy) is 1. The fourth-order valence-electron chi connectivity index (χ4n) is 1.01. The number of cyclic esters (lactones) is 1. The van der Waals surface area contributed by atoms with E-state index in [4.69, 9.17) is 0 Å². The number of nitrogens with one attached hydrogen (secondary N) is 1. The van der Waals surface area contributed by atoms with E-state index in [2.05, 4.69) is 10.1 Å². The number of hydrogen-bond acceptors (Lipinski definition) is 3. The van der Waals surface area contributed by atoms with Crippen molar-refractivity contribution in [3.8, 4) is 0 Å². The molecule has 0 amide bonds. The van der Waals surface area contributed by atoms with E-state index < -0.39 is 23.9 Å². The van der Waals surface area contributed by atoms with Gasteiger partial charge < -0.3 is 4.74 Å². The third-order valence-corrected chi connectivity index (χ3v) is 2.13. The average Bonchev–Trinajstić information content (AvgIpc) is 2.29. The summed E-state index contributed by atoms with van der Waals surface area (Å²) in [7, 11) is 0. The standard InChI is InChI=1S/C7H10F3NO2/c1-3-6(2)5(12)13-4(11-6)7(8,9)10/h4,11H,3H2,1-2H3. The maximum atomic E-state index is 12.1. The predicted molar refractivity (Wildman–Crippen MR) is 37.8 cm³/mol. The van der Waals surface area contributed by atoms with Crippen molar-refractivity contribution < 1.29 is 22.7 Å². The molecule has 0 aromatic rings. The van der Waals surface area contributed by atoms with Gasteiger partial charge in [-0.05, 0) is 13.3 Å². The Hall–Kier alpha value is -0.780. The van der Waals surface area contributed by atoms with Gasteiger partial charge in [0.15, 0.2) is 0 Å². The van der Waals surface area contributed by atoms with Gasteiger partial charge in [-0.2, -0.15) is 13.2 Å². The zero-order chi connectivity index (χ0) is 10.3. The van der Waals surface area contributed by atoms with Crippen LogP contribution in [0, 0.1) is 0 Å². The van der Waals surface area contributed by atoms with Crippen LogP contribution in [0.5, 0.6) is 0 Å². The lowest BCUT2D eigenvalue weighted by atomic mass is 10.0. The summed E-state index contributed by atoms with van der Waals surface area (Å²) in [5.74, 6) is -0.850. The zero-order valence-corrected chi connectivity index (χ0v) is 7.23. The predicted octanol–water partition coefficient (Wildman–Crippen LogP) is 1.19. The fraction of sp³-hybridized carbons (Fsp3) is 0.857. The summed E-state index contributed by atoms with van der Waals surface area (Å²) in [5.41, 5.74) is -1.21. The molecule has 0 saturated carbocycles. The van der Waals surface area contributed by atoms with Crippen molar-refractivity contribution in [1.82, 2.24) is 5.32 Å². The SMILES string of the molecule is CCC1(C)NC(C(F)(F)F)OC1=O. The maximum absolute atomic E-state index is 12.1. The maximum Gasteiger partial charge on any atom is 0.439 e. The molecule has 0 aromatic heterocycles. The molecule has 1 N–H and O–H groups in total. The zero-order valence-electron chi connectivity index (χ0n) is 7.23. The van der Waals surface area contributed by atoms with Crippen LogP contribution >= 0.6 is 0 Å². The van der Waals surface area contributed by atoms with E-state index in [-0.39, 0.29) is 6.42 Å². The lowest BCUT2D eigenvalue weighted by molar-refractivity contribution is -0.214. The molecule has 0 bridgehead atoms. The Labute approximate surface area is 73.2 Å². The summed E-state index contributed by atoms with van der Waals surface area (Å²) in [6.45, 7) is 3.01.